The lowest BCUT2D eigenvalue weighted by atomic mass is 10.1. The Morgan fingerprint density at radius 1 is 1.11 bits per heavy atom. The molecule has 0 bridgehead atoms. The minimum Gasteiger partial charge on any atom is -0.478 e. The van der Waals surface area contributed by atoms with Gasteiger partial charge in [0.1, 0.15) is 12.4 Å². The number of aryl methyl sites for hydroxylation is 1. The van der Waals surface area contributed by atoms with E-state index in [9.17, 15) is 19.1 Å². The SMILES string of the molecule is Cc1ccc2c(Sc3cccc(C(=O)O)c3F)c(C)n(CC(=O)N3CCC4(C3)OCCO4)c2c1F. The van der Waals surface area contributed by atoms with Crippen molar-refractivity contribution in [2.45, 2.75) is 42.4 Å². The maximum Gasteiger partial charge on any atom is 0.338 e. The average molecular weight is 503 g/mol. The van der Waals surface area contributed by atoms with E-state index < -0.39 is 29.0 Å². The van der Waals surface area contributed by atoms with Crippen LogP contribution in [-0.2, 0) is 20.8 Å². The van der Waals surface area contributed by atoms with Gasteiger partial charge in [-0.05, 0) is 31.5 Å². The summed E-state index contributed by atoms with van der Waals surface area (Å²) in [5, 5.41) is 9.80. The summed E-state index contributed by atoms with van der Waals surface area (Å²) in [4.78, 5) is 26.9. The van der Waals surface area contributed by atoms with Crippen LogP contribution in [0.3, 0.4) is 0 Å². The lowest BCUT2D eigenvalue weighted by molar-refractivity contribution is -0.152. The number of benzene rings is 2. The van der Waals surface area contributed by atoms with Gasteiger partial charge in [0.2, 0.25) is 5.91 Å². The van der Waals surface area contributed by atoms with Crippen LogP contribution in [0.5, 0.6) is 0 Å². The lowest BCUT2D eigenvalue weighted by Gasteiger charge is -2.23. The summed E-state index contributed by atoms with van der Waals surface area (Å²) in [6, 6.07) is 7.52. The summed E-state index contributed by atoms with van der Waals surface area (Å²) in [6.45, 7) is 5.08. The molecule has 1 amide bonds. The number of ether oxygens (including phenoxy) is 2. The highest BCUT2D eigenvalue weighted by molar-refractivity contribution is 7.99. The first-order valence-corrected chi connectivity index (χ1v) is 12.1. The Bertz CT molecular complexity index is 1350. The minimum atomic E-state index is -1.37. The summed E-state index contributed by atoms with van der Waals surface area (Å²) in [7, 11) is 0. The molecule has 1 N–H and O–H groups in total. The van der Waals surface area contributed by atoms with Crippen molar-refractivity contribution in [3.63, 3.8) is 0 Å². The van der Waals surface area contributed by atoms with Gasteiger partial charge in [0.15, 0.2) is 11.6 Å². The van der Waals surface area contributed by atoms with E-state index in [-0.39, 0.29) is 22.9 Å². The number of likely N-dealkylation sites (tertiary alicyclic amines) is 1. The number of carbonyl (C=O) groups excluding carboxylic acids is 1. The van der Waals surface area contributed by atoms with Crippen LogP contribution in [-0.4, -0.2) is 58.5 Å². The molecule has 35 heavy (non-hydrogen) atoms. The van der Waals surface area contributed by atoms with E-state index in [1.165, 1.54) is 18.2 Å². The Hall–Kier alpha value is -2.95. The van der Waals surface area contributed by atoms with E-state index in [0.717, 1.165) is 11.8 Å². The predicted octanol–water partition coefficient (Wildman–Crippen LogP) is 4.36. The van der Waals surface area contributed by atoms with Crippen LogP contribution in [0.25, 0.3) is 10.9 Å². The molecule has 7 nitrogen and oxygen atoms in total. The molecule has 2 aliphatic rings. The Morgan fingerprint density at radius 2 is 1.86 bits per heavy atom. The summed E-state index contributed by atoms with van der Waals surface area (Å²) >= 11 is 1.02. The number of hydrogen-bond acceptors (Lipinski definition) is 5. The molecular weight excluding hydrogens is 478 g/mol. The van der Waals surface area contributed by atoms with Crippen molar-refractivity contribution in [2.75, 3.05) is 26.3 Å². The highest BCUT2D eigenvalue weighted by atomic mass is 32.2. The van der Waals surface area contributed by atoms with E-state index in [1.807, 2.05) is 0 Å². The number of rotatable bonds is 5. The normalized spacial score (nSPS) is 17.1. The molecule has 2 aromatic carbocycles. The van der Waals surface area contributed by atoms with Gasteiger partial charge in [0.05, 0.1) is 30.8 Å². The summed E-state index contributed by atoms with van der Waals surface area (Å²) < 4.78 is 43.3. The smallest absolute Gasteiger partial charge is 0.338 e. The van der Waals surface area contributed by atoms with Gasteiger partial charge in [0, 0.05) is 33.8 Å². The van der Waals surface area contributed by atoms with Crippen molar-refractivity contribution in [1.82, 2.24) is 9.47 Å². The molecule has 2 saturated heterocycles. The van der Waals surface area contributed by atoms with Crippen LogP contribution in [0.4, 0.5) is 8.78 Å². The number of carboxylic acid groups (broad SMARTS) is 1. The van der Waals surface area contributed by atoms with Gasteiger partial charge in [-0.25, -0.2) is 13.6 Å². The van der Waals surface area contributed by atoms with E-state index in [2.05, 4.69) is 0 Å². The summed E-state index contributed by atoms with van der Waals surface area (Å²) in [5.41, 5.74) is 0.834. The molecular formula is C25H24F2N2O5S. The molecule has 5 rings (SSSR count). The van der Waals surface area contributed by atoms with Gasteiger partial charge in [-0.2, -0.15) is 0 Å². The molecule has 3 heterocycles. The van der Waals surface area contributed by atoms with Crippen LogP contribution in [0, 0.1) is 25.5 Å². The number of carboxylic acids is 1. The standard InChI is InChI=1S/C25H24F2N2O5S/c1-14-6-7-17-22(20(14)26)29(12-19(30)28-9-8-25(13-28)33-10-11-34-25)15(2)23(17)35-18-5-3-4-16(21(18)27)24(31)32/h3-7H,8-13H2,1-2H3,(H,31,32). The Labute approximate surface area is 204 Å². The highest BCUT2D eigenvalue weighted by Gasteiger charge is 2.44. The molecule has 3 aromatic rings. The van der Waals surface area contributed by atoms with E-state index in [0.29, 0.717) is 54.3 Å². The fourth-order valence-electron chi connectivity index (χ4n) is 4.72. The first-order chi connectivity index (χ1) is 16.7. The van der Waals surface area contributed by atoms with E-state index in [1.54, 1.807) is 35.4 Å². The van der Waals surface area contributed by atoms with Gasteiger partial charge in [0.25, 0.3) is 0 Å². The first-order valence-electron chi connectivity index (χ1n) is 11.2. The summed E-state index contributed by atoms with van der Waals surface area (Å²) in [6.07, 6.45) is 0.581. The van der Waals surface area contributed by atoms with E-state index >= 15 is 4.39 Å². The quantitative estimate of drug-likeness (QED) is 0.559. The average Bonchev–Trinajstić information content (AvgIpc) is 3.53. The van der Waals surface area contributed by atoms with Gasteiger partial charge in [-0.15, -0.1) is 0 Å². The van der Waals surface area contributed by atoms with Crippen molar-refractivity contribution in [3.8, 4) is 0 Å². The largest absolute Gasteiger partial charge is 0.478 e. The maximum atomic E-state index is 15.4. The molecule has 0 saturated carbocycles. The predicted molar refractivity (Wildman–Crippen MR) is 125 cm³/mol. The van der Waals surface area contributed by atoms with Crippen LogP contribution < -0.4 is 0 Å². The fraction of sp³-hybridized carbons (Fsp3) is 0.360. The van der Waals surface area contributed by atoms with Crippen LogP contribution >= 0.6 is 11.8 Å². The Kier molecular flexibility index (Phi) is 6.06. The molecule has 0 unspecified atom stereocenters. The van der Waals surface area contributed by atoms with Crippen molar-refractivity contribution >= 4 is 34.5 Å². The zero-order valence-corrected chi connectivity index (χ0v) is 20.1. The minimum absolute atomic E-state index is 0.100. The first kappa shape index (κ1) is 23.8. The molecule has 0 atom stereocenters. The molecule has 10 heteroatoms. The molecule has 1 aromatic heterocycles. The van der Waals surface area contributed by atoms with Crippen molar-refractivity contribution < 1.29 is 33.0 Å². The zero-order valence-electron chi connectivity index (χ0n) is 19.3. The van der Waals surface area contributed by atoms with Crippen molar-refractivity contribution in [1.29, 1.82) is 0 Å². The molecule has 184 valence electrons. The van der Waals surface area contributed by atoms with Crippen LogP contribution in [0.1, 0.15) is 28.0 Å². The topological polar surface area (TPSA) is 81.0 Å². The van der Waals surface area contributed by atoms with E-state index in [4.69, 9.17) is 9.47 Å². The number of aromatic nitrogens is 1. The Balaban J connectivity index is 1.52. The number of aromatic carboxylic acids is 1. The maximum absolute atomic E-state index is 15.4. The lowest BCUT2D eigenvalue weighted by Crippen LogP contribution is -2.38. The molecule has 2 fully saturated rings. The van der Waals surface area contributed by atoms with Gasteiger partial charge in [-0.1, -0.05) is 30.0 Å². The molecule has 0 aliphatic carbocycles. The Morgan fingerprint density at radius 3 is 2.57 bits per heavy atom. The van der Waals surface area contributed by atoms with Crippen molar-refractivity contribution in [3.05, 3.63) is 58.8 Å². The molecule has 2 aliphatic heterocycles. The number of halogens is 2. The second kappa shape index (κ2) is 8.92. The highest BCUT2D eigenvalue weighted by Crippen LogP contribution is 2.41. The fourth-order valence-corrected chi connectivity index (χ4v) is 5.82. The second-order valence-corrected chi connectivity index (χ2v) is 9.84. The number of fused-ring (bicyclic) bond motifs is 1. The molecule has 1 spiro atoms. The third-order valence-electron chi connectivity index (χ3n) is 6.62. The monoisotopic (exact) mass is 502 g/mol. The number of amides is 1. The summed E-state index contributed by atoms with van der Waals surface area (Å²) in [5.74, 6) is -3.62. The van der Waals surface area contributed by atoms with Crippen LogP contribution in [0.15, 0.2) is 40.1 Å². The number of hydrogen-bond donors (Lipinski definition) is 1. The van der Waals surface area contributed by atoms with Gasteiger partial charge < -0.3 is 24.0 Å². The van der Waals surface area contributed by atoms with Crippen molar-refractivity contribution in [2.24, 2.45) is 0 Å². The number of carbonyl (C=O) groups is 2. The molecule has 0 radical (unpaired) electrons. The van der Waals surface area contributed by atoms with Crippen LogP contribution in [0.2, 0.25) is 0 Å². The number of nitrogens with zero attached hydrogens (tertiary/aromatic N) is 2. The zero-order chi connectivity index (χ0) is 24.9. The third-order valence-corrected chi connectivity index (χ3v) is 7.87. The van der Waals surface area contributed by atoms with Gasteiger partial charge in [-0.3, -0.25) is 4.79 Å². The second-order valence-electron chi connectivity index (χ2n) is 8.79. The van der Waals surface area contributed by atoms with Gasteiger partial charge >= 0.3 is 5.97 Å². The third kappa shape index (κ3) is 4.09.